The maximum absolute atomic E-state index is 10.2. The van der Waals surface area contributed by atoms with E-state index in [2.05, 4.69) is 9.97 Å². The van der Waals surface area contributed by atoms with Gasteiger partial charge in [0.2, 0.25) is 11.6 Å². The molecule has 0 unspecified atom stereocenters. The lowest BCUT2D eigenvalue weighted by Gasteiger charge is -1.95. The number of aromatic hydroxyl groups is 1. The van der Waals surface area contributed by atoms with Gasteiger partial charge in [0.25, 0.3) is 0 Å². The summed E-state index contributed by atoms with van der Waals surface area (Å²) in [5, 5.41) is 17.1. The van der Waals surface area contributed by atoms with Crippen molar-refractivity contribution in [3.8, 4) is 5.88 Å². The average molecular weight is 175 g/mol. The minimum Gasteiger partial charge on any atom is -0.492 e. The van der Waals surface area contributed by atoms with Gasteiger partial charge in [0.05, 0.1) is 6.20 Å². The van der Waals surface area contributed by atoms with E-state index in [-0.39, 0.29) is 5.15 Å². The van der Waals surface area contributed by atoms with Crippen LogP contribution < -0.4 is 0 Å². The van der Waals surface area contributed by atoms with Gasteiger partial charge in [-0.2, -0.15) is 4.98 Å². The molecule has 0 amide bonds. The van der Waals surface area contributed by atoms with Crippen LogP contribution in [0, 0.1) is 0 Å². The Morgan fingerprint density at radius 2 is 2.27 bits per heavy atom. The van der Waals surface area contributed by atoms with Gasteiger partial charge in [0.15, 0.2) is 5.15 Å². The average Bonchev–Trinajstić information content (AvgIpc) is 1.85. The van der Waals surface area contributed by atoms with E-state index in [9.17, 15) is 4.79 Å². The summed E-state index contributed by atoms with van der Waals surface area (Å²) in [6, 6.07) is 0. The van der Waals surface area contributed by atoms with Crippen LogP contribution >= 0.6 is 11.6 Å². The van der Waals surface area contributed by atoms with Gasteiger partial charge in [-0.25, -0.2) is 9.78 Å². The highest BCUT2D eigenvalue weighted by molar-refractivity contribution is 6.29. The van der Waals surface area contributed by atoms with Crippen LogP contribution in [0.4, 0.5) is 0 Å². The van der Waals surface area contributed by atoms with Gasteiger partial charge in [-0.3, -0.25) is 0 Å². The number of carboxylic acids is 1. The summed E-state index contributed by atoms with van der Waals surface area (Å²) in [5.41, 5.74) is -0.505. The maximum Gasteiger partial charge on any atom is 0.360 e. The second kappa shape index (κ2) is 2.71. The van der Waals surface area contributed by atoms with E-state index in [0.717, 1.165) is 6.20 Å². The number of carboxylic acid groups (broad SMARTS) is 1. The molecule has 5 nitrogen and oxygen atoms in total. The summed E-state index contributed by atoms with van der Waals surface area (Å²) in [4.78, 5) is 16.8. The number of aromatic nitrogens is 2. The molecule has 1 rings (SSSR count). The van der Waals surface area contributed by atoms with Gasteiger partial charge in [-0.15, -0.1) is 0 Å². The summed E-state index contributed by atoms with van der Waals surface area (Å²) in [6.07, 6.45) is 1.05. The zero-order chi connectivity index (χ0) is 8.43. The fraction of sp³-hybridized carbons (Fsp3) is 0. The first-order valence-corrected chi connectivity index (χ1v) is 2.94. The van der Waals surface area contributed by atoms with Crippen molar-refractivity contribution in [1.82, 2.24) is 9.97 Å². The number of hydrogen-bond donors (Lipinski definition) is 2. The Bertz CT molecular complexity index is 302. The highest BCUT2D eigenvalue weighted by Crippen LogP contribution is 2.13. The fourth-order valence-electron chi connectivity index (χ4n) is 0.509. The summed E-state index contributed by atoms with van der Waals surface area (Å²) in [6.45, 7) is 0. The fourth-order valence-corrected chi connectivity index (χ4v) is 0.638. The lowest BCUT2D eigenvalue weighted by atomic mass is 10.4. The molecule has 0 atom stereocenters. The van der Waals surface area contributed by atoms with Crippen LogP contribution in [0.1, 0.15) is 10.5 Å². The number of carbonyl (C=O) groups is 1. The Morgan fingerprint density at radius 3 is 2.73 bits per heavy atom. The van der Waals surface area contributed by atoms with E-state index < -0.39 is 17.5 Å². The Hall–Kier alpha value is -1.36. The second-order valence-electron chi connectivity index (χ2n) is 1.67. The third kappa shape index (κ3) is 1.56. The molecule has 58 valence electrons. The largest absolute Gasteiger partial charge is 0.492 e. The lowest BCUT2D eigenvalue weighted by Crippen LogP contribution is -2.01. The van der Waals surface area contributed by atoms with Crippen molar-refractivity contribution < 1.29 is 15.0 Å². The zero-order valence-electron chi connectivity index (χ0n) is 5.15. The number of halogens is 1. The summed E-state index contributed by atoms with van der Waals surface area (Å²) < 4.78 is 0. The molecule has 0 aromatic carbocycles. The zero-order valence-corrected chi connectivity index (χ0v) is 5.91. The molecule has 0 aliphatic rings. The van der Waals surface area contributed by atoms with Crippen molar-refractivity contribution in [3.05, 3.63) is 17.0 Å². The van der Waals surface area contributed by atoms with E-state index in [1.807, 2.05) is 0 Å². The second-order valence-corrected chi connectivity index (χ2v) is 2.06. The summed E-state index contributed by atoms with van der Waals surface area (Å²) in [7, 11) is 0. The standard InChI is InChI=1S/C5H3ClN2O3/c6-2-1-7-3(5(10)11)4(9)8-2/h1H,(H,8,9)(H,10,11). The molecule has 1 aromatic rings. The molecule has 0 aliphatic heterocycles. The van der Waals surface area contributed by atoms with E-state index >= 15 is 0 Å². The normalized spacial score (nSPS) is 9.55. The van der Waals surface area contributed by atoms with Crippen LogP contribution in [0.5, 0.6) is 5.88 Å². The van der Waals surface area contributed by atoms with E-state index in [0.29, 0.717) is 0 Å². The molecular weight excluding hydrogens is 172 g/mol. The number of aromatic carboxylic acids is 1. The molecule has 6 heteroatoms. The number of rotatable bonds is 1. The highest BCUT2D eigenvalue weighted by atomic mass is 35.5. The molecule has 2 N–H and O–H groups in total. The van der Waals surface area contributed by atoms with Gasteiger partial charge in [-0.05, 0) is 0 Å². The molecule has 1 aromatic heterocycles. The third-order valence-corrected chi connectivity index (χ3v) is 1.11. The molecule has 0 saturated carbocycles. The molecule has 0 bridgehead atoms. The summed E-state index contributed by atoms with van der Waals surface area (Å²) in [5.74, 6) is -2.02. The minimum absolute atomic E-state index is 0.0486. The van der Waals surface area contributed by atoms with Crippen LogP contribution in [0.3, 0.4) is 0 Å². The topological polar surface area (TPSA) is 83.3 Å². The Kier molecular flexibility index (Phi) is 1.91. The van der Waals surface area contributed by atoms with Crippen molar-refractivity contribution in [2.24, 2.45) is 0 Å². The maximum atomic E-state index is 10.2. The number of nitrogens with zero attached hydrogens (tertiary/aromatic N) is 2. The van der Waals surface area contributed by atoms with Gasteiger partial charge < -0.3 is 10.2 Å². The van der Waals surface area contributed by atoms with Crippen molar-refractivity contribution in [1.29, 1.82) is 0 Å². The van der Waals surface area contributed by atoms with Crippen molar-refractivity contribution in [2.45, 2.75) is 0 Å². The van der Waals surface area contributed by atoms with Gasteiger partial charge in [0, 0.05) is 0 Å². The Labute approximate surface area is 66.3 Å². The highest BCUT2D eigenvalue weighted by Gasteiger charge is 2.12. The molecule has 11 heavy (non-hydrogen) atoms. The monoisotopic (exact) mass is 174 g/mol. The van der Waals surface area contributed by atoms with Crippen molar-refractivity contribution in [2.75, 3.05) is 0 Å². The van der Waals surface area contributed by atoms with Crippen LogP contribution in [0.15, 0.2) is 6.20 Å². The molecular formula is C5H3ClN2O3. The lowest BCUT2D eigenvalue weighted by molar-refractivity contribution is 0.0686. The van der Waals surface area contributed by atoms with E-state index in [1.165, 1.54) is 0 Å². The number of hydrogen-bond acceptors (Lipinski definition) is 4. The first kappa shape index (κ1) is 7.74. The SMILES string of the molecule is O=C(O)c1ncc(Cl)nc1O. The first-order chi connectivity index (χ1) is 5.11. The molecule has 0 saturated heterocycles. The smallest absolute Gasteiger partial charge is 0.360 e. The first-order valence-electron chi connectivity index (χ1n) is 2.56. The van der Waals surface area contributed by atoms with Gasteiger partial charge in [0.1, 0.15) is 0 Å². The van der Waals surface area contributed by atoms with Gasteiger partial charge >= 0.3 is 5.97 Å². The Morgan fingerprint density at radius 1 is 1.64 bits per heavy atom. The van der Waals surface area contributed by atoms with Crippen LogP contribution in [0.25, 0.3) is 0 Å². The van der Waals surface area contributed by atoms with E-state index in [1.54, 1.807) is 0 Å². The summed E-state index contributed by atoms with van der Waals surface area (Å²) >= 11 is 5.30. The van der Waals surface area contributed by atoms with Crippen LogP contribution in [-0.4, -0.2) is 26.2 Å². The van der Waals surface area contributed by atoms with Crippen LogP contribution in [0.2, 0.25) is 5.15 Å². The third-order valence-electron chi connectivity index (χ3n) is 0.927. The van der Waals surface area contributed by atoms with Crippen LogP contribution in [-0.2, 0) is 0 Å². The molecule has 0 fully saturated rings. The molecule has 1 heterocycles. The quantitative estimate of drug-likeness (QED) is 0.649. The van der Waals surface area contributed by atoms with Gasteiger partial charge in [-0.1, -0.05) is 11.6 Å². The predicted octanol–water partition coefficient (Wildman–Crippen LogP) is 0.534. The molecule has 0 radical (unpaired) electrons. The molecule has 0 aliphatic carbocycles. The van der Waals surface area contributed by atoms with E-state index in [4.69, 9.17) is 21.8 Å². The van der Waals surface area contributed by atoms with Crippen molar-refractivity contribution in [3.63, 3.8) is 0 Å². The molecule has 0 spiro atoms. The van der Waals surface area contributed by atoms with Crippen molar-refractivity contribution >= 4 is 17.6 Å². The predicted molar refractivity (Wildman–Crippen MR) is 35.7 cm³/mol. The Balaban J connectivity index is 3.20. The minimum atomic E-state index is -1.34.